The van der Waals surface area contributed by atoms with Crippen LogP contribution in [-0.2, 0) is 13.0 Å². The van der Waals surface area contributed by atoms with E-state index < -0.39 is 0 Å². The van der Waals surface area contributed by atoms with Crippen molar-refractivity contribution < 1.29 is 9.47 Å². The Morgan fingerprint density at radius 1 is 0.958 bits per heavy atom. The lowest BCUT2D eigenvalue weighted by molar-refractivity contribution is 0.274. The fraction of sp³-hybridized carbons (Fsp3) is 0.400. The first kappa shape index (κ1) is 18.3. The van der Waals surface area contributed by atoms with E-state index in [2.05, 4.69) is 41.3 Å². The maximum atomic E-state index is 5.79. The van der Waals surface area contributed by atoms with Crippen LogP contribution in [0.5, 0.6) is 11.5 Å². The molecule has 0 atom stereocenters. The van der Waals surface area contributed by atoms with Gasteiger partial charge in [0.25, 0.3) is 0 Å². The van der Waals surface area contributed by atoms with Gasteiger partial charge in [-0.15, -0.1) is 0 Å². The van der Waals surface area contributed by atoms with Gasteiger partial charge in [-0.1, -0.05) is 36.4 Å². The van der Waals surface area contributed by atoms with E-state index in [0.29, 0.717) is 13.2 Å². The number of hydrogen-bond donors (Lipinski definition) is 1. The van der Waals surface area contributed by atoms with Crippen LogP contribution in [-0.4, -0.2) is 38.3 Å². The van der Waals surface area contributed by atoms with Crippen LogP contribution >= 0.6 is 0 Å². The minimum atomic E-state index is 0.631. The van der Waals surface area contributed by atoms with Crippen molar-refractivity contribution in [2.24, 2.45) is 5.73 Å². The summed E-state index contributed by atoms with van der Waals surface area (Å²) < 4.78 is 11.0. The first-order chi connectivity index (χ1) is 11.8. The fourth-order valence-electron chi connectivity index (χ4n) is 2.73. The minimum Gasteiger partial charge on any atom is -0.493 e. The minimum absolute atomic E-state index is 0.631. The predicted octanol–water partition coefficient (Wildman–Crippen LogP) is 3.10. The quantitative estimate of drug-likeness (QED) is 0.728. The van der Waals surface area contributed by atoms with Crippen LogP contribution in [0.4, 0.5) is 0 Å². The summed E-state index contributed by atoms with van der Waals surface area (Å²) in [6.07, 6.45) is 1.02. The zero-order chi connectivity index (χ0) is 17.2. The largest absolute Gasteiger partial charge is 0.493 e. The summed E-state index contributed by atoms with van der Waals surface area (Å²) in [7, 11) is 1.68. The van der Waals surface area contributed by atoms with Crippen molar-refractivity contribution >= 4 is 0 Å². The Balaban J connectivity index is 2.01. The molecule has 0 saturated carbocycles. The van der Waals surface area contributed by atoms with Gasteiger partial charge < -0.3 is 15.2 Å². The molecule has 0 bridgehead atoms. The summed E-state index contributed by atoms with van der Waals surface area (Å²) in [4.78, 5) is 2.38. The summed E-state index contributed by atoms with van der Waals surface area (Å²) in [6.45, 7) is 5.97. The number of nitrogens with zero attached hydrogens (tertiary/aromatic N) is 1. The van der Waals surface area contributed by atoms with Crippen molar-refractivity contribution in [3.63, 3.8) is 0 Å². The van der Waals surface area contributed by atoms with Gasteiger partial charge in [-0.25, -0.2) is 0 Å². The Bertz CT molecular complexity index is 602. The first-order valence-corrected chi connectivity index (χ1v) is 8.53. The highest BCUT2D eigenvalue weighted by molar-refractivity contribution is 5.43. The van der Waals surface area contributed by atoms with Gasteiger partial charge in [-0.2, -0.15) is 0 Å². The molecule has 0 aliphatic carbocycles. The van der Waals surface area contributed by atoms with Crippen molar-refractivity contribution in [1.29, 1.82) is 0 Å². The standard InChI is InChI=1S/C20H28N2O2/c1-3-24-19-10-9-18(15-20(19)23-2)16-22(14-12-21)13-11-17-7-5-4-6-8-17/h4-10,15H,3,11-14,16,21H2,1-2H3. The third kappa shape index (κ3) is 5.55. The average Bonchev–Trinajstić information content (AvgIpc) is 2.62. The van der Waals surface area contributed by atoms with E-state index in [1.807, 2.05) is 19.1 Å². The van der Waals surface area contributed by atoms with Crippen LogP contribution in [0.25, 0.3) is 0 Å². The summed E-state index contributed by atoms with van der Waals surface area (Å²) >= 11 is 0. The second kappa shape index (κ2) is 9.96. The molecule has 0 heterocycles. The molecule has 0 aromatic heterocycles. The summed E-state index contributed by atoms with van der Waals surface area (Å²) in [5.74, 6) is 1.57. The van der Waals surface area contributed by atoms with E-state index in [1.165, 1.54) is 11.1 Å². The van der Waals surface area contributed by atoms with Gasteiger partial charge in [0.2, 0.25) is 0 Å². The topological polar surface area (TPSA) is 47.7 Å². The highest BCUT2D eigenvalue weighted by atomic mass is 16.5. The molecule has 24 heavy (non-hydrogen) atoms. The average molecular weight is 328 g/mol. The number of ether oxygens (including phenoxy) is 2. The molecule has 4 heteroatoms. The lowest BCUT2D eigenvalue weighted by Gasteiger charge is -2.22. The molecule has 0 aliphatic heterocycles. The first-order valence-electron chi connectivity index (χ1n) is 8.53. The third-order valence-electron chi connectivity index (χ3n) is 3.94. The zero-order valence-corrected chi connectivity index (χ0v) is 14.7. The van der Waals surface area contributed by atoms with Crippen molar-refractivity contribution in [3.05, 3.63) is 59.7 Å². The molecule has 0 radical (unpaired) electrons. The number of benzene rings is 2. The summed E-state index contributed by atoms with van der Waals surface area (Å²) in [5, 5.41) is 0. The monoisotopic (exact) mass is 328 g/mol. The van der Waals surface area contributed by atoms with Crippen LogP contribution in [0.15, 0.2) is 48.5 Å². The van der Waals surface area contributed by atoms with Gasteiger partial charge in [0, 0.05) is 26.2 Å². The van der Waals surface area contributed by atoms with E-state index in [-0.39, 0.29) is 0 Å². The molecule has 0 fully saturated rings. The Morgan fingerprint density at radius 2 is 1.75 bits per heavy atom. The lowest BCUT2D eigenvalue weighted by atomic mass is 10.1. The van der Waals surface area contributed by atoms with Crippen LogP contribution < -0.4 is 15.2 Å². The maximum Gasteiger partial charge on any atom is 0.161 e. The van der Waals surface area contributed by atoms with Gasteiger partial charge in [0.1, 0.15) is 0 Å². The molecule has 2 aromatic rings. The van der Waals surface area contributed by atoms with E-state index in [9.17, 15) is 0 Å². The lowest BCUT2D eigenvalue weighted by Crippen LogP contribution is -2.31. The zero-order valence-electron chi connectivity index (χ0n) is 14.7. The smallest absolute Gasteiger partial charge is 0.161 e. The van der Waals surface area contributed by atoms with Crippen LogP contribution in [0, 0.1) is 0 Å². The molecule has 130 valence electrons. The second-order valence-corrected chi connectivity index (χ2v) is 5.72. The number of methoxy groups -OCH3 is 1. The molecule has 2 N–H and O–H groups in total. The van der Waals surface area contributed by atoms with Crippen molar-refractivity contribution in [2.45, 2.75) is 19.9 Å². The molecular formula is C20H28N2O2. The second-order valence-electron chi connectivity index (χ2n) is 5.72. The Hall–Kier alpha value is -2.04. The van der Waals surface area contributed by atoms with Crippen LogP contribution in [0.3, 0.4) is 0 Å². The normalized spacial score (nSPS) is 10.8. The van der Waals surface area contributed by atoms with Gasteiger partial charge in [0.05, 0.1) is 13.7 Å². The Morgan fingerprint density at radius 3 is 2.42 bits per heavy atom. The molecule has 2 aromatic carbocycles. The number of hydrogen-bond acceptors (Lipinski definition) is 4. The SMILES string of the molecule is CCOc1ccc(CN(CCN)CCc2ccccc2)cc1OC. The number of nitrogens with two attached hydrogens (primary N) is 1. The number of rotatable bonds is 10. The molecule has 0 spiro atoms. The fourth-order valence-corrected chi connectivity index (χ4v) is 2.73. The van der Waals surface area contributed by atoms with Gasteiger partial charge >= 0.3 is 0 Å². The predicted molar refractivity (Wildman–Crippen MR) is 98.6 cm³/mol. The summed E-state index contributed by atoms with van der Waals surface area (Å²) in [6, 6.07) is 16.7. The Labute approximate surface area is 145 Å². The van der Waals surface area contributed by atoms with E-state index in [0.717, 1.165) is 37.6 Å². The molecule has 0 amide bonds. The molecular weight excluding hydrogens is 300 g/mol. The highest BCUT2D eigenvalue weighted by Crippen LogP contribution is 2.28. The van der Waals surface area contributed by atoms with Crippen LogP contribution in [0.2, 0.25) is 0 Å². The Kier molecular flexibility index (Phi) is 7.59. The maximum absolute atomic E-state index is 5.79. The van der Waals surface area contributed by atoms with Crippen molar-refractivity contribution in [2.75, 3.05) is 33.4 Å². The van der Waals surface area contributed by atoms with E-state index in [4.69, 9.17) is 15.2 Å². The van der Waals surface area contributed by atoms with Gasteiger partial charge in [0.15, 0.2) is 11.5 Å². The van der Waals surface area contributed by atoms with E-state index in [1.54, 1.807) is 7.11 Å². The molecule has 2 rings (SSSR count). The van der Waals surface area contributed by atoms with Crippen LogP contribution in [0.1, 0.15) is 18.1 Å². The molecule has 0 aliphatic rings. The van der Waals surface area contributed by atoms with E-state index >= 15 is 0 Å². The highest BCUT2D eigenvalue weighted by Gasteiger charge is 2.09. The molecule has 0 unspecified atom stereocenters. The van der Waals surface area contributed by atoms with Crippen molar-refractivity contribution in [3.8, 4) is 11.5 Å². The van der Waals surface area contributed by atoms with Gasteiger partial charge in [-0.3, -0.25) is 4.90 Å². The summed E-state index contributed by atoms with van der Waals surface area (Å²) in [5.41, 5.74) is 8.34. The molecule has 4 nitrogen and oxygen atoms in total. The van der Waals surface area contributed by atoms with Gasteiger partial charge in [-0.05, 0) is 36.6 Å². The van der Waals surface area contributed by atoms with Crippen molar-refractivity contribution in [1.82, 2.24) is 4.90 Å². The third-order valence-corrected chi connectivity index (χ3v) is 3.94. The molecule has 0 saturated heterocycles.